The van der Waals surface area contributed by atoms with E-state index in [0.717, 1.165) is 11.8 Å². The zero-order chi connectivity index (χ0) is 9.31. The Morgan fingerprint density at radius 3 is 2.54 bits per heavy atom. The number of rotatable bonds is 1. The van der Waals surface area contributed by atoms with Crippen molar-refractivity contribution in [3.05, 3.63) is 0 Å². The summed E-state index contributed by atoms with van der Waals surface area (Å²) in [7, 11) is 1.93. The van der Waals surface area contributed by atoms with E-state index in [0.29, 0.717) is 0 Å². The Bertz CT molecular complexity index is 174. The molecule has 1 heteroatoms. The van der Waals surface area contributed by atoms with Crippen LogP contribution in [0.1, 0.15) is 51.9 Å². The molecular weight excluding hydrogens is 160 g/mol. The van der Waals surface area contributed by atoms with Crippen LogP contribution in [-0.2, 0) is 4.74 Å². The minimum absolute atomic E-state index is 0.288. The first-order valence-electron chi connectivity index (χ1n) is 5.84. The van der Waals surface area contributed by atoms with Crippen LogP contribution in [0.3, 0.4) is 0 Å². The summed E-state index contributed by atoms with van der Waals surface area (Å²) in [4.78, 5) is 0. The number of ether oxygens (including phenoxy) is 1. The van der Waals surface area contributed by atoms with Crippen LogP contribution < -0.4 is 0 Å². The van der Waals surface area contributed by atoms with Crippen molar-refractivity contribution in [1.29, 1.82) is 0 Å². The minimum Gasteiger partial charge on any atom is -0.378 e. The monoisotopic (exact) mass is 182 g/mol. The van der Waals surface area contributed by atoms with Crippen LogP contribution in [0.15, 0.2) is 0 Å². The summed E-state index contributed by atoms with van der Waals surface area (Å²) in [6.07, 6.45) is 9.67. The Hall–Kier alpha value is -0.0400. The Morgan fingerprint density at radius 2 is 1.85 bits per heavy atom. The average molecular weight is 182 g/mol. The van der Waals surface area contributed by atoms with Gasteiger partial charge in [-0.25, -0.2) is 0 Å². The number of hydrogen-bond donors (Lipinski definition) is 0. The number of methoxy groups -OCH3 is 1. The van der Waals surface area contributed by atoms with Gasteiger partial charge in [-0.2, -0.15) is 0 Å². The van der Waals surface area contributed by atoms with Gasteiger partial charge in [0.2, 0.25) is 0 Å². The van der Waals surface area contributed by atoms with Gasteiger partial charge in [-0.3, -0.25) is 0 Å². The minimum atomic E-state index is 0.288. The van der Waals surface area contributed by atoms with Gasteiger partial charge < -0.3 is 4.74 Å². The van der Waals surface area contributed by atoms with Crippen LogP contribution >= 0.6 is 0 Å². The molecule has 0 aromatic heterocycles. The standard InChI is InChI=1S/C12H22O/c1-10-6-5-9-12(13-2)8-4-3-7-11(10)12/h10-11H,3-9H2,1-2H3. The molecule has 0 aliphatic heterocycles. The second kappa shape index (κ2) is 3.61. The third-order valence-corrected chi connectivity index (χ3v) is 4.39. The molecule has 0 heterocycles. The molecule has 2 aliphatic rings. The summed E-state index contributed by atoms with van der Waals surface area (Å²) in [5.41, 5.74) is 0.288. The second-order valence-electron chi connectivity index (χ2n) is 4.99. The van der Waals surface area contributed by atoms with Gasteiger partial charge in [-0.15, -0.1) is 0 Å². The van der Waals surface area contributed by atoms with E-state index in [1.165, 1.54) is 44.9 Å². The molecule has 0 spiro atoms. The quantitative estimate of drug-likeness (QED) is 0.604. The van der Waals surface area contributed by atoms with Crippen LogP contribution in [0, 0.1) is 11.8 Å². The van der Waals surface area contributed by atoms with E-state index in [1.807, 2.05) is 7.11 Å². The van der Waals surface area contributed by atoms with Gasteiger partial charge in [0.25, 0.3) is 0 Å². The highest BCUT2D eigenvalue weighted by Gasteiger charge is 2.45. The fourth-order valence-corrected chi connectivity index (χ4v) is 3.63. The van der Waals surface area contributed by atoms with Crippen molar-refractivity contribution in [2.24, 2.45) is 11.8 Å². The fourth-order valence-electron chi connectivity index (χ4n) is 3.63. The lowest BCUT2D eigenvalue weighted by molar-refractivity contribution is -0.123. The fraction of sp³-hybridized carbons (Fsp3) is 1.00. The molecule has 0 radical (unpaired) electrons. The molecule has 0 bridgehead atoms. The summed E-state index contributed by atoms with van der Waals surface area (Å²) in [5, 5.41) is 0. The van der Waals surface area contributed by atoms with Crippen LogP contribution in [-0.4, -0.2) is 12.7 Å². The normalized spacial score (nSPS) is 45.7. The second-order valence-corrected chi connectivity index (χ2v) is 4.99. The van der Waals surface area contributed by atoms with Gasteiger partial charge in [-0.1, -0.05) is 32.6 Å². The lowest BCUT2D eigenvalue weighted by Crippen LogP contribution is -2.48. The van der Waals surface area contributed by atoms with E-state index in [1.54, 1.807) is 0 Å². The van der Waals surface area contributed by atoms with Gasteiger partial charge in [-0.05, 0) is 31.1 Å². The van der Waals surface area contributed by atoms with E-state index in [4.69, 9.17) is 4.74 Å². The Labute approximate surface area is 81.9 Å². The highest BCUT2D eigenvalue weighted by atomic mass is 16.5. The molecule has 76 valence electrons. The Kier molecular flexibility index (Phi) is 2.64. The molecule has 13 heavy (non-hydrogen) atoms. The number of hydrogen-bond acceptors (Lipinski definition) is 1. The molecule has 0 saturated heterocycles. The van der Waals surface area contributed by atoms with E-state index >= 15 is 0 Å². The van der Waals surface area contributed by atoms with Crippen molar-refractivity contribution in [2.45, 2.75) is 57.5 Å². The van der Waals surface area contributed by atoms with Crippen molar-refractivity contribution < 1.29 is 4.74 Å². The summed E-state index contributed by atoms with van der Waals surface area (Å²) < 4.78 is 5.85. The smallest absolute Gasteiger partial charge is 0.0709 e. The molecule has 2 aliphatic carbocycles. The molecule has 3 unspecified atom stereocenters. The van der Waals surface area contributed by atoms with E-state index < -0.39 is 0 Å². The molecular formula is C12H22O. The first-order valence-corrected chi connectivity index (χ1v) is 5.84. The summed E-state index contributed by atoms with van der Waals surface area (Å²) in [6, 6.07) is 0. The molecule has 2 fully saturated rings. The summed E-state index contributed by atoms with van der Waals surface area (Å²) in [6.45, 7) is 2.42. The van der Waals surface area contributed by atoms with Crippen LogP contribution in [0.4, 0.5) is 0 Å². The van der Waals surface area contributed by atoms with Gasteiger partial charge in [0.05, 0.1) is 5.60 Å². The molecule has 0 amide bonds. The average Bonchev–Trinajstić information content (AvgIpc) is 2.18. The van der Waals surface area contributed by atoms with Crippen molar-refractivity contribution in [1.82, 2.24) is 0 Å². The maximum absolute atomic E-state index is 5.85. The molecule has 0 aromatic carbocycles. The largest absolute Gasteiger partial charge is 0.378 e. The first-order chi connectivity index (χ1) is 6.28. The zero-order valence-electron chi connectivity index (χ0n) is 9.01. The van der Waals surface area contributed by atoms with E-state index in [-0.39, 0.29) is 5.60 Å². The highest BCUT2D eigenvalue weighted by Crippen LogP contribution is 2.48. The molecule has 0 N–H and O–H groups in total. The van der Waals surface area contributed by atoms with Gasteiger partial charge in [0.15, 0.2) is 0 Å². The Morgan fingerprint density at radius 1 is 1.08 bits per heavy atom. The van der Waals surface area contributed by atoms with Crippen molar-refractivity contribution in [2.75, 3.05) is 7.11 Å². The third kappa shape index (κ3) is 1.52. The summed E-state index contributed by atoms with van der Waals surface area (Å²) >= 11 is 0. The maximum atomic E-state index is 5.85. The molecule has 2 rings (SSSR count). The lowest BCUT2D eigenvalue weighted by Gasteiger charge is -2.49. The molecule has 1 nitrogen and oxygen atoms in total. The topological polar surface area (TPSA) is 9.23 Å². The van der Waals surface area contributed by atoms with Gasteiger partial charge >= 0.3 is 0 Å². The SMILES string of the molecule is COC12CCCCC1C(C)CCC2. The highest BCUT2D eigenvalue weighted by molar-refractivity contribution is 4.96. The van der Waals surface area contributed by atoms with Crippen LogP contribution in [0.25, 0.3) is 0 Å². The van der Waals surface area contributed by atoms with Gasteiger partial charge in [0.1, 0.15) is 0 Å². The predicted molar refractivity (Wildman–Crippen MR) is 54.7 cm³/mol. The van der Waals surface area contributed by atoms with E-state index in [9.17, 15) is 0 Å². The zero-order valence-corrected chi connectivity index (χ0v) is 9.01. The molecule has 3 atom stereocenters. The van der Waals surface area contributed by atoms with Crippen molar-refractivity contribution in [3.8, 4) is 0 Å². The predicted octanol–water partition coefficient (Wildman–Crippen LogP) is 3.38. The summed E-state index contributed by atoms with van der Waals surface area (Å²) in [5.74, 6) is 1.76. The maximum Gasteiger partial charge on any atom is 0.0709 e. The number of fused-ring (bicyclic) bond motifs is 1. The molecule has 2 saturated carbocycles. The first kappa shape index (κ1) is 9.51. The molecule has 0 aromatic rings. The van der Waals surface area contributed by atoms with Crippen LogP contribution in [0.2, 0.25) is 0 Å². The van der Waals surface area contributed by atoms with Gasteiger partial charge in [0, 0.05) is 7.11 Å². The van der Waals surface area contributed by atoms with Crippen molar-refractivity contribution >= 4 is 0 Å². The Balaban J connectivity index is 2.16. The lowest BCUT2D eigenvalue weighted by atomic mass is 9.63. The van der Waals surface area contributed by atoms with Crippen LogP contribution in [0.5, 0.6) is 0 Å². The van der Waals surface area contributed by atoms with Crippen molar-refractivity contribution in [3.63, 3.8) is 0 Å². The third-order valence-electron chi connectivity index (χ3n) is 4.39. The van der Waals surface area contributed by atoms with E-state index in [2.05, 4.69) is 6.92 Å².